The number of carbonyl (C=O) groups excluding carboxylic acids is 2. The normalized spacial score (nSPS) is 9.97. The van der Waals surface area contributed by atoms with E-state index >= 15 is 0 Å². The van der Waals surface area contributed by atoms with Gasteiger partial charge in [0, 0.05) is 12.1 Å². The number of carbonyl (C=O) groups is 3. The van der Waals surface area contributed by atoms with Gasteiger partial charge in [0.2, 0.25) is 0 Å². The number of esters is 2. The molecule has 12 nitrogen and oxygen atoms in total. The van der Waals surface area contributed by atoms with Crippen molar-refractivity contribution in [1.29, 1.82) is 0 Å². The second-order valence-corrected chi connectivity index (χ2v) is 5.97. The van der Waals surface area contributed by atoms with E-state index in [1.165, 1.54) is 6.07 Å². The minimum atomic E-state index is -1.84. The lowest BCUT2D eigenvalue weighted by Gasteiger charge is -2.13. The predicted octanol–water partition coefficient (Wildman–Crippen LogP) is 2.52. The van der Waals surface area contributed by atoms with E-state index in [9.17, 15) is 43.4 Å². The van der Waals surface area contributed by atoms with E-state index in [1.807, 2.05) is 0 Å². The number of nitro groups is 2. The molecule has 14 heteroatoms. The van der Waals surface area contributed by atoms with Crippen LogP contribution in [0.4, 0.5) is 20.2 Å². The number of benzene rings is 2. The van der Waals surface area contributed by atoms with E-state index in [4.69, 9.17) is 5.11 Å². The SMILES string of the molecule is COC(=O)C(C(=O)OC)c1c(F)cccc1[N+](=O)[O-].O=C(O)Cc1c(F)cccc1[N+](=O)[O-]. The van der Waals surface area contributed by atoms with Gasteiger partial charge in [-0.1, -0.05) is 12.1 Å². The molecule has 2 aromatic rings. The number of aliphatic carboxylic acids is 1. The van der Waals surface area contributed by atoms with Crippen molar-refractivity contribution in [3.8, 4) is 0 Å². The fourth-order valence-electron chi connectivity index (χ4n) is 2.58. The third-order valence-electron chi connectivity index (χ3n) is 4.01. The number of carboxylic acid groups (broad SMARTS) is 1. The lowest BCUT2D eigenvalue weighted by molar-refractivity contribution is -0.385. The summed E-state index contributed by atoms with van der Waals surface area (Å²) in [7, 11) is 1.95. The summed E-state index contributed by atoms with van der Waals surface area (Å²) in [6, 6.07) is 6.21. The first-order valence-corrected chi connectivity index (χ1v) is 8.68. The van der Waals surface area contributed by atoms with Crippen LogP contribution in [0.3, 0.4) is 0 Å². The second-order valence-electron chi connectivity index (χ2n) is 5.97. The van der Waals surface area contributed by atoms with Gasteiger partial charge in [0.15, 0.2) is 5.92 Å². The van der Waals surface area contributed by atoms with Crippen LogP contribution in [-0.4, -0.2) is 47.1 Å². The highest BCUT2D eigenvalue weighted by molar-refractivity contribution is 6.01. The van der Waals surface area contributed by atoms with E-state index in [1.54, 1.807) is 0 Å². The molecule has 0 aliphatic heterocycles. The molecule has 0 aliphatic carbocycles. The maximum atomic E-state index is 13.7. The minimum absolute atomic E-state index is 0.398. The van der Waals surface area contributed by atoms with Crippen LogP contribution in [0.2, 0.25) is 0 Å². The van der Waals surface area contributed by atoms with Crippen LogP contribution in [0.25, 0.3) is 0 Å². The molecule has 0 spiro atoms. The fraction of sp³-hybridized carbons (Fsp3) is 0.211. The molecule has 0 radical (unpaired) electrons. The van der Waals surface area contributed by atoms with Crippen molar-refractivity contribution < 1.29 is 47.6 Å². The van der Waals surface area contributed by atoms with Crippen molar-refractivity contribution in [2.75, 3.05) is 14.2 Å². The molecule has 0 atom stereocenters. The van der Waals surface area contributed by atoms with Gasteiger partial charge in [-0.05, 0) is 12.1 Å². The van der Waals surface area contributed by atoms with Crippen LogP contribution in [0.15, 0.2) is 36.4 Å². The molecule has 0 saturated carbocycles. The molecule has 0 fully saturated rings. The summed E-state index contributed by atoms with van der Waals surface area (Å²) in [6.45, 7) is 0. The standard InChI is InChI=1S/C11H10FNO6.C8H6FNO4/c1-18-10(14)9(11(15)19-2)8-6(12)4-3-5-7(8)13(16)17;9-6-2-1-3-7(10(13)14)5(6)4-8(11)12/h3-5,9H,1-2H3;1-3H,4H2,(H,11,12). The highest BCUT2D eigenvalue weighted by atomic mass is 19.1. The summed E-state index contributed by atoms with van der Waals surface area (Å²) in [5, 5.41) is 29.6. The molecular formula is C19H16F2N2O10. The Morgan fingerprint density at radius 1 is 0.909 bits per heavy atom. The molecule has 33 heavy (non-hydrogen) atoms. The third-order valence-corrected chi connectivity index (χ3v) is 4.01. The van der Waals surface area contributed by atoms with Crippen LogP contribution in [0.1, 0.15) is 17.0 Å². The third kappa shape index (κ3) is 6.75. The Hall–Kier alpha value is -4.49. The Balaban J connectivity index is 0.000000346. The molecule has 0 bridgehead atoms. The quantitative estimate of drug-likeness (QED) is 0.274. The summed E-state index contributed by atoms with van der Waals surface area (Å²) < 4.78 is 35.4. The van der Waals surface area contributed by atoms with Crippen molar-refractivity contribution in [1.82, 2.24) is 0 Å². The predicted molar refractivity (Wildman–Crippen MR) is 104 cm³/mol. The summed E-state index contributed by atoms with van der Waals surface area (Å²) in [5.74, 6) is -7.36. The molecule has 0 heterocycles. The van der Waals surface area contributed by atoms with Crippen LogP contribution < -0.4 is 0 Å². The number of hydrogen-bond donors (Lipinski definition) is 1. The van der Waals surface area contributed by atoms with Crippen molar-refractivity contribution in [3.05, 3.63) is 79.4 Å². The summed E-state index contributed by atoms with van der Waals surface area (Å²) in [4.78, 5) is 52.9. The second kappa shape index (κ2) is 11.8. The smallest absolute Gasteiger partial charge is 0.325 e. The van der Waals surface area contributed by atoms with Gasteiger partial charge >= 0.3 is 17.9 Å². The van der Waals surface area contributed by atoms with Gasteiger partial charge < -0.3 is 14.6 Å². The van der Waals surface area contributed by atoms with Crippen molar-refractivity contribution in [3.63, 3.8) is 0 Å². The molecule has 0 amide bonds. The lowest BCUT2D eigenvalue weighted by Crippen LogP contribution is -2.26. The molecule has 0 aromatic heterocycles. The summed E-state index contributed by atoms with van der Waals surface area (Å²) in [6.07, 6.45) is -0.691. The maximum Gasteiger partial charge on any atom is 0.325 e. The number of halogens is 2. The van der Waals surface area contributed by atoms with E-state index in [2.05, 4.69) is 9.47 Å². The lowest BCUT2D eigenvalue weighted by atomic mass is 9.97. The number of rotatable bonds is 7. The molecule has 2 aromatic carbocycles. The first-order chi connectivity index (χ1) is 15.5. The molecule has 0 aliphatic rings. The fourth-order valence-corrected chi connectivity index (χ4v) is 2.58. The molecule has 2 rings (SSSR count). The maximum absolute atomic E-state index is 13.7. The van der Waals surface area contributed by atoms with Crippen molar-refractivity contribution in [2.45, 2.75) is 12.3 Å². The molecule has 176 valence electrons. The zero-order valence-corrected chi connectivity index (χ0v) is 17.0. The van der Waals surface area contributed by atoms with Gasteiger partial charge in [-0.25, -0.2) is 8.78 Å². The first-order valence-electron chi connectivity index (χ1n) is 8.68. The molecular weight excluding hydrogens is 454 g/mol. The van der Waals surface area contributed by atoms with Gasteiger partial charge in [0.05, 0.1) is 41.6 Å². The summed E-state index contributed by atoms with van der Waals surface area (Å²) in [5.41, 5.74) is -2.27. The van der Waals surface area contributed by atoms with Crippen molar-refractivity contribution >= 4 is 29.3 Å². The van der Waals surface area contributed by atoms with Gasteiger partial charge in [-0.2, -0.15) is 0 Å². The van der Waals surface area contributed by atoms with Crippen LogP contribution in [0, 0.1) is 31.9 Å². The Labute approximate surface area is 183 Å². The zero-order valence-electron chi connectivity index (χ0n) is 17.0. The zero-order chi connectivity index (χ0) is 25.3. The molecule has 0 unspecified atom stereocenters. The average molecular weight is 470 g/mol. The van der Waals surface area contributed by atoms with E-state index in [0.29, 0.717) is 0 Å². The van der Waals surface area contributed by atoms with E-state index in [0.717, 1.165) is 44.6 Å². The van der Waals surface area contributed by atoms with Gasteiger partial charge in [-0.15, -0.1) is 0 Å². The molecule has 0 saturated heterocycles. The Morgan fingerprint density at radius 3 is 1.79 bits per heavy atom. The van der Waals surface area contributed by atoms with Crippen LogP contribution in [0.5, 0.6) is 0 Å². The Kier molecular flexibility index (Phi) is 9.48. The number of carboxylic acids is 1. The topological polar surface area (TPSA) is 176 Å². The van der Waals surface area contributed by atoms with Crippen LogP contribution in [-0.2, 0) is 30.3 Å². The average Bonchev–Trinajstić information content (AvgIpc) is 2.75. The Morgan fingerprint density at radius 2 is 1.36 bits per heavy atom. The number of hydrogen-bond acceptors (Lipinski definition) is 9. The van der Waals surface area contributed by atoms with E-state index < -0.39 is 74.2 Å². The van der Waals surface area contributed by atoms with E-state index in [-0.39, 0.29) is 0 Å². The monoisotopic (exact) mass is 470 g/mol. The summed E-state index contributed by atoms with van der Waals surface area (Å²) >= 11 is 0. The number of methoxy groups -OCH3 is 2. The number of nitro benzene ring substituents is 2. The van der Waals surface area contributed by atoms with Gasteiger partial charge in [0.25, 0.3) is 11.4 Å². The van der Waals surface area contributed by atoms with Gasteiger partial charge in [0.1, 0.15) is 11.6 Å². The van der Waals surface area contributed by atoms with Crippen LogP contribution >= 0.6 is 0 Å². The number of ether oxygens (including phenoxy) is 2. The Bertz CT molecular complexity index is 1070. The first kappa shape index (κ1) is 26.5. The van der Waals surface area contributed by atoms with Gasteiger partial charge in [-0.3, -0.25) is 34.6 Å². The minimum Gasteiger partial charge on any atom is -0.481 e. The molecule has 1 N–H and O–H groups in total. The number of nitrogens with zero attached hydrogens (tertiary/aromatic N) is 2. The largest absolute Gasteiger partial charge is 0.481 e. The highest BCUT2D eigenvalue weighted by Crippen LogP contribution is 2.31. The van der Waals surface area contributed by atoms with Crippen molar-refractivity contribution in [2.24, 2.45) is 0 Å². The highest BCUT2D eigenvalue weighted by Gasteiger charge is 2.38.